The summed E-state index contributed by atoms with van der Waals surface area (Å²) in [6.07, 6.45) is 0.667. The number of hydrogen-bond donors (Lipinski definition) is 0. The van der Waals surface area contributed by atoms with Gasteiger partial charge in [0.05, 0.1) is 22.7 Å². The normalized spacial score (nSPS) is 13.5. The summed E-state index contributed by atoms with van der Waals surface area (Å²) in [4.78, 5) is 4.53. The van der Waals surface area contributed by atoms with Gasteiger partial charge in [-0.15, -0.1) is 22.9 Å². The average molecular weight is 243 g/mol. The Morgan fingerprint density at radius 2 is 2.27 bits per heavy atom. The topological polar surface area (TPSA) is 36.7 Å². The fourth-order valence-electron chi connectivity index (χ4n) is 1.09. The van der Waals surface area contributed by atoms with Gasteiger partial charge in [0.2, 0.25) is 0 Å². The molecule has 0 saturated heterocycles. The smallest absolute Gasteiger partial charge is 0.0942 e. The molecule has 0 bridgehead atoms. The van der Waals surface area contributed by atoms with Crippen LogP contribution in [0, 0.1) is 17.2 Å². The Hall–Kier alpha value is -0.590. The fraction of sp³-hybridized carbons (Fsp3) is 0.636. The number of nitriles is 1. The van der Waals surface area contributed by atoms with Crippen LogP contribution < -0.4 is 0 Å². The largest absolute Gasteiger partial charge is 0.246 e. The van der Waals surface area contributed by atoms with E-state index >= 15 is 0 Å². The van der Waals surface area contributed by atoms with E-state index in [4.69, 9.17) is 16.9 Å². The zero-order valence-corrected chi connectivity index (χ0v) is 10.8. The van der Waals surface area contributed by atoms with Gasteiger partial charge in [-0.25, -0.2) is 4.98 Å². The van der Waals surface area contributed by atoms with E-state index in [-0.39, 0.29) is 11.3 Å². The first-order chi connectivity index (χ1) is 6.97. The van der Waals surface area contributed by atoms with Crippen LogP contribution in [0.3, 0.4) is 0 Å². The van der Waals surface area contributed by atoms with E-state index in [2.05, 4.69) is 37.2 Å². The Morgan fingerprint density at radius 3 is 2.67 bits per heavy atom. The van der Waals surface area contributed by atoms with Crippen LogP contribution in [0.2, 0.25) is 0 Å². The molecule has 1 heterocycles. The summed E-state index contributed by atoms with van der Waals surface area (Å²) >= 11 is 7.28. The van der Waals surface area contributed by atoms with Crippen LogP contribution in [0.5, 0.6) is 0 Å². The summed E-state index contributed by atoms with van der Waals surface area (Å²) in [5.74, 6) is 0.256. The highest BCUT2D eigenvalue weighted by atomic mass is 35.5. The highest BCUT2D eigenvalue weighted by molar-refractivity contribution is 7.09. The van der Waals surface area contributed by atoms with Gasteiger partial charge in [0, 0.05) is 23.1 Å². The van der Waals surface area contributed by atoms with Crippen molar-refractivity contribution in [3.63, 3.8) is 0 Å². The monoisotopic (exact) mass is 242 g/mol. The molecule has 1 aromatic rings. The van der Waals surface area contributed by atoms with Crippen molar-refractivity contribution in [3.05, 3.63) is 16.1 Å². The second kappa shape index (κ2) is 4.96. The van der Waals surface area contributed by atoms with Gasteiger partial charge in [-0.2, -0.15) is 5.26 Å². The highest BCUT2D eigenvalue weighted by Crippen LogP contribution is 2.25. The first-order valence-corrected chi connectivity index (χ1v) is 6.29. The minimum Gasteiger partial charge on any atom is -0.246 e. The first-order valence-electron chi connectivity index (χ1n) is 4.88. The molecule has 0 N–H and O–H groups in total. The van der Waals surface area contributed by atoms with Crippen LogP contribution in [-0.2, 0) is 11.8 Å². The van der Waals surface area contributed by atoms with E-state index in [0.717, 1.165) is 10.7 Å². The highest BCUT2D eigenvalue weighted by Gasteiger charge is 2.18. The van der Waals surface area contributed by atoms with Crippen molar-refractivity contribution < 1.29 is 0 Å². The lowest BCUT2D eigenvalue weighted by atomic mass is 9.93. The Kier molecular flexibility index (Phi) is 4.12. The van der Waals surface area contributed by atoms with Gasteiger partial charge < -0.3 is 0 Å². The average Bonchev–Trinajstić information content (AvgIpc) is 2.61. The third-order valence-electron chi connectivity index (χ3n) is 2.11. The molecule has 1 rings (SSSR count). The number of thiazole rings is 1. The van der Waals surface area contributed by atoms with Crippen LogP contribution in [0.15, 0.2) is 5.38 Å². The predicted molar refractivity (Wildman–Crippen MR) is 64.3 cm³/mol. The summed E-state index contributed by atoms with van der Waals surface area (Å²) in [6, 6.07) is 2.18. The lowest BCUT2D eigenvalue weighted by molar-refractivity contribution is 0.569. The SMILES string of the molecule is CC(C)(C)c1csc(CC(C#N)CCl)n1. The van der Waals surface area contributed by atoms with Crippen molar-refractivity contribution >= 4 is 22.9 Å². The molecule has 0 radical (unpaired) electrons. The Morgan fingerprint density at radius 1 is 1.60 bits per heavy atom. The number of halogens is 1. The third kappa shape index (κ3) is 3.48. The van der Waals surface area contributed by atoms with Crippen LogP contribution in [0.1, 0.15) is 31.5 Å². The standard InChI is InChI=1S/C11H15ClN2S/c1-11(2,3)9-7-15-10(14-9)4-8(5-12)6-13/h7-8H,4-5H2,1-3H3. The van der Waals surface area contributed by atoms with Crippen LogP contribution in [0.4, 0.5) is 0 Å². The zero-order chi connectivity index (χ0) is 11.5. The summed E-state index contributed by atoms with van der Waals surface area (Å²) < 4.78 is 0. The molecule has 0 fully saturated rings. The van der Waals surface area contributed by atoms with Gasteiger partial charge in [-0.05, 0) is 0 Å². The molecule has 0 aliphatic rings. The number of rotatable bonds is 3. The maximum Gasteiger partial charge on any atom is 0.0942 e. The second-order valence-corrected chi connectivity index (χ2v) is 5.81. The van der Waals surface area contributed by atoms with Crippen molar-refractivity contribution in [2.75, 3.05) is 5.88 Å². The maximum absolute atomic E-state index is 8.80. The minimum atomic E-state index is -0.120. The zero-order valence-electron chi connectivity index (χ0n) is 9.25. The van der Waals surface area contributed by atoms with Crippen LogP contribution >= 0.6 is 22.9 Å². The molecule has 0 aromatic carbocycles. The minimum absolute atomic E-state index is 0.0812. The summed E-state index contributed by atoms with van der Waals surface area (Å²) in [6.45, 7) is 6.40. The van der Waals surface area contributed by atoms with Gasteiger partial charge in [0.15, 0.2) is 0 Å². The fourth-order valence-corrected chi connectivity index (χ4v) is 2.38. The van der Waals surface area contributed by atoms with E-state index in [9.17, 15) is 0 Å². The van der Waals surface area contributed by atoms with E-state index in [0.29, 0.717) is 12.3 Å². The van der Waals surface area contributed by atoms with E-state index in [1.54, 1.807) is 11.3 Å². The van der Waals surface area contributed by atoms with Crippen molar-refractivity contribution in [3.8, 4) is 6.07 Å². The van der Waals surface area contributed by atoms with Crippen molar-refractivity contribution in [1.29, 1.82) is 5.26 Å². The van der Waals surface area contributed by atoms with Gasteiger partial charge in [0.25, 0.3) is 0 Å². The van der Waals surface area contributed by atoms with Crippen LogP contribution in [0.25, 0.3) is 0 Å². The van der Waals surface area contributed by atoms with E-state index in [1.807, 2.05) is 0 Å². The summed E-state index contributed by atoms with van der Waals surface area (Å²) in [5.41, 5.74) is 1.17. The third-order valence-corrected chi connectivity index (χ3v) is 3.35. The predicted octanol–water partition coefficient (Wildman–Crippen LogP) is 3.36. The number of hydrogen-bond acceptors (Lipinski definition) is 3. The van der Waals surface area contributed by atoms with Crippen LogP contribution in [-0.4, -0.2) is 10.9 Å². The number of alkyl halides is 1. The molecule has 1 atom stereocenters. The van der Waals surface area contributed by atoms with Gasteiger partial charge in [0.1, 0.15) is 0 Å². The molecule has 0 amide bonds. The Labute approximate surface area is 99.9 Å². The first kappa shape index (κ1) is 12.5. The molecule has 82 valence electrons. The molecular formula is C11H15ClN2S. The summed E-state index contributed by atoms with van der Waals surface area (Å²) in [7, 11) is 0. The molecule has 0 aliphatic heterocycles. The molecule has 0 spiro atoms. The molecule has 1 unspecified atom stereocenters. The Balaban J connectivity index is 2.74. The quantitative estimate of drug-likeness (QED) is 0.762. The Bertz CT molecular complexity index is 359. The van der Waals surface area contributed by atoms with Crippen molar-refractivity contribution in [1.82, 2.24) is 4.98 Å². The molecule has 2 nitrogen and oxygen atoms in total. The van der Waals surface area contributed by atoms with Gasteiger partial charge in [-0.1, -0.05) is 20.8 Å². The van der Waals surface area contributed by atoms with E-state index in [1.165, 1.54) is 0 Å². The molecule has 15 heavy (non-hydrogen) atoms. The van der Waals surface area contributed by atoms with E-state index < -0.39 is 0 Å². The van der Waals surface area contributed by atoms with Crippen molar-refractivity contribution in [2.45, 2.75) is 32.6 Å². The van der Waals surface area contributed by atoms with Gasteiger partial charge in [-0.3, -0.25) is 0 Å². The second-order valence-electron chi connectivity index (χ2n) is 4.56. The lowest BCUT2D eigenvalue weighted by Gasteiger charge is -2.14. The van der Waals surface area contributed by atoms with Gasteiger partial charge >= 0.3 is 0 Å². The lowest BCUT2D eigenvalue weighted by Crippen LogP contribution is -2.12. The molecule has 1 aromatic heterocycles. The molecular weight excluding hydrogens is 228 g/mol. The molecule has 0 saturated carbocycles. The molecule has 4 heteroatoms. The maximum atomic E-state index is 8.80. The molecule has 0 aliphatic carbocycles. The van der Waals surface area contributed by atoms with Crippen molar-refractivity contribution in [2.24, 2.45) is 5.92 Å². The summed E-state index contributed by atoms with van der Waals surface area (Å²) in [5, 5.41) is 11.9. The number of aromatic nitrogens is 1. The number of nitrogens with zero attached hydrogens (tertiary/aromatic N) is 2.